The van der Waals surface area contributed by atoms with Crippen molar-refractivity contribution in [2.75, 3.05) is 0 Å². The van der Waals surface area contributed by atoms with E-state index in [4.69, 9.17) is 10.4 Å². The fourth-order valence-electron chi connectivity index (χ4n) is 0.973. The highest BCUT2D eigenvalue weighted by Gasteiger charge is 2.06. The summed E-state index contributed by atoms with van der Waals surface area (Å²) in [5.41, 5.74) is 0.482. The smallest absolute Gasteiger partial charge is 0.335 e. The van der Waals surface area contributed by atoms with E-state index in [-0.39, 0.29) is 17.8 Å². The Kier molecular flexibility index (Phi) is 2.97. The molecule has 0 saturated carbocycles. The molecule has 0 saturated heterocycles. The van der Waals surface area contributed by atoms with Gasteiger partial charge in [0, 0.05) is 5.56 Å². The Morgan fingerprint density at radius 3 is 2.14 bits per heavy atom. The number of ketones is 1. The molecule has 1 N–H and O–H groups in total. The molecule has 1 aromatic rings. The van der Waals surface area contributed by atoms with Crippen LogP contribution in [0.15, 0.2) is 24.3 Å². The summed E-state index contributed by atoms with van der Waals surface area (Å²) >= 11 is 0. The number of carbonyl (C=O) groups excluding carboxylic acids is 1. The zero-order chi connectivity index (χ0) is 10.6. The van der Waals surface area contributed by atoms with E-state index in [0.29, 0.717) is 5.56 Å². The van der Waals surface area contributed by atoms with Crippen LogP contribution in [0, 0.1) is 11.3 Å². The van der Waals surface area contributed by atoms with Crippen molar-refractivity contribution in [1.29, 1.82) is 5.26 Å². The number of hydrogen-bond donors (Lipinski definition) is 1. The van der Waals surface area contributed by atoms with Crippen LogP contribution >= 0.6 is 0 Å². The first-order valence-electron chi connectivity index (χ1n) is 3.88. The number of benzene rings is 1. The summed E-state index contributed by atoms with van der Waals surface area (Å²) in [6, 6.07) is 7.23. The second kappa shape index (κ2) is 4.19. The van der Waals surface area contributed by atoms with Crippen LogP contribution in [0.3, 0.4) is 0 Å². The molecule has 0 atom stereocenters. The Labute approximate surface area is 80.4 Å². The van der Waals surface area contributed by atoms with Gasteiger partial charge in [0.05, 0.1) is 18.1 Å². The van der Waals surface area contributed by atoms with Crippen molar-refractivity contribution in [3.05, 3.63) is 35.4 Å². The minimum atomic E-state index is -1.04. The van der Waals surface area contributed by atoms with E-state index in [2.05, 4.69) is 0 Å². The molecule has 0 aromatic heterocycles. The van der Waals surface area contributed by atoms with E-state index >= 15 is 0 Å². The highest BCUT2D eigenvalue weighted by Crippen LogP contribution is 2.06. The molecule has 4 nitrogen and oxygen atoms in total. The van der Waals surface area contributed by atoms with Gasteiger partial charge in [0.25, 0.3) is 0 Å². The monoisotopic (exact) mass is 189 g/mol. The third-order valence-electron chi connectivity index (χ3n) is 1.69. The second-order valence-electron chi connectivity index (χ2n) is 2.64. The molecular weight excluding hydrogens is 182 g/mol. The lowest BCUT2D eigenvalue weighted by molar-refractivity contribution is 0.0696. The van der Waals surface area contributed by atoms with Crippen molar-refractivity contribution in [2.24, 2.45) is 0 Å². The van der Waals surface area contributed by atoms with Crippen LogP contribution in [0.1, 0.15) is 27.1 Å². The zero-order valence-corrected chi connectivity index (χ0v) is 7.23. The number of nitriles is 1. The molecule has 0 aliphatic heterocycles. The summed E-state index contributed by atoms with van der Waals surface area (Å²) in [5.74, 6) is -1.34. The lowest BCUT2D eigenvalue weighted by Gasteiger charge is -1.97. The van der Waals surface area contributed by atoms with Crippen molar-refractivity contribution in [1.82, 2.24) is 0 Å². The maximum atomic E-state index is 11.2. The minimum Gasteiger partial charge on any atom is -0.478 e. The largest absolute Gasteiger partial charge is 0.478 e. The molecule has 0 amide bonds. The first kappa shape index (κ1) is 9.93. The Bertz CT molecular complexity index is 400. The van der Waals surface area contributed by atoms with Gasteiger partial charge >= 0.3 is 5.97 Å². The molecule has 0 aliphatic rings. The fourth-order valence-corrected chi connectivity index (χ4v) is 0.973. The van der Waals surface area contributed by atoms with Crippen LogP contribution in [0.2, 0.25) is 0 Å². The summed E-state index contributed by atoms with van der Waals surface area (Å²) < 4.78 is 0. The van der Waals surface area contributed by atoms with Gasteiger partial charge in [0.15, 0.2) is 5.78 Å². The first-order chi connectivity index (χ1) is 6.65. The van der Waals surface area contributed by atoms with Crippen LogP contribution in [0.5, 0.6) is 0 Å². The van der Waals surface area contributed by atoms with E-state index in [1.54, 1.807) is 6.07 Å². The van der Waals surface area contributed by atoms with Crippen molar-refractivity contribution in [3.63, 3.8) is 0 Å². The molecule has 0 fully saturated rings. The Balaban J connectivity index is 2.89. The minimum absolute atomic E-state index is 0.124. The maximum absolute atomic E-state index is 11.2. The number of aromatic carboxylic acids is 1. The highest BCUT2D eigenvalue weighted by atomic mass is 16.4. The first-order valence-corrected chi connectivity index (χ1v) is 3.88. The number of carbonyl (C=O) groups is 2. The standard InChI is InChI=1S/C10H7NO3/c11-6-5-9(12)7-1-3-8(4-2-7)10(13)14/h1-4H,5H2,(H,13,14). The summed E-state index contributed by atoms with van der Waals surface area (Å²) in [6.45, 7) is 0. The molecule has 4 heteroatoms. The van der Waals surface area contributed by atoms with E-state index in [1.807, 2.05) is 0 Å². The number of hydrogen-bond acceptors (Lipinski definition) is 3. The number of nitrogens with zero attached hydrogens (tertiary/aromatic N) is 1. The third-order valence-corrected chi connectivity index (χ3v) is 1.69. The SMILES string of the molecule is N#CCC(=O)c1ccc(C(=O)O)cc1. The second-order valence-corrected chi connectivity index (χ2v) is 2.64. The van der Waals surface area contributed by atoms with Gasteiger partial charge in [0.2, 0.25) is 0 Å². The Morgan fingerprint density at radius 1 is 1.21 bits per heavy atom. The van der Waals surface area contributed by atoms with E-state index in [9.17, 15) is 9.59 Å². The van der Waals surface area contributed by atoms with Crippen LogP contribution < -0.4 is 0 Å². The number of rotatable bonds is 3. The van der Waals surface area contributed by atoms with Crippen molar-refractivity contribution in [3.8, 4) is 6.07 Å². The van der Waals surface area contributed by atoms with Crippen LogP contribution in [0.4, 0.5) is 0 Å². The lowest BCUT2D eigenvalue weighted by Crippen LogP contribution is -2.00. The van der Waals surface area contributed by atoms with Crippen LogP contribution in [-0.2, 0) is 0 Å². The average molecular weight is 189 g/mol. The van der Waals surface area contributed by atoms with Gasteiger partial charge in [-0.3, -0.25) is 4.79 Å². The average Bonchev–Trinajstić information content (AvgIpc) is 2.18. The number of carboxylic acids is 1. The summed E-state index contributed by atoms with van der Waals surface area (Å²) in [6.07, 6.45) is -0.188. The molecule has 1 aromatic carbocycles. The molecule has 0 heterocycles. The molecule has 0 aliphatic carbocycles. The summed E-state index contributed by atoms with van der Waals surface area (Å²) in [4.78, 5) is 21.6. The van der Waals surface area contributed by atoms with E-state index in [0.717, 1.165) is 0 Å². The molecular formula is C10H7NO3. The summed E-state index contributed by atoms with van der Waals surface area (Å²) in [7, 11) is 0. The molecule has 1 rings (SSSR count). The van der Waals surface area contributed by atoms with Gasteiger partial charge in [-0.15, -0.1) is 0 Å². The van der Waals surface area contributed by atoms with Crippen LogP contribution in [0.25, 0.3) is 0 Å². The molecule has 70 valence electrons. The predicted molar refractivity (Wildman–Crippen MR) is 48.0 cm³/mol. The van der Waals surface area contributed by atoms with E-state index in [1.165, 1.54) is 24.3 Å². The third kappa shape index (κ3) is 2.17. The Morgan fingerprint density at radius 2 is 1.71 bits per heavy atom. The van der Waals surface area contributed by atoms with Gasteiger partial charge in [-0.05, 0) is 12.1 Å². The van der Waals surface area contributed by atoms with E-state index < -0.39 is 5.97 Å². The number of carboxylic acid groups (broad SMARTS) is 1. The van der Waals surface area contributed by atoms with Crippen molar-refractivity contribution in [2.45, 2.75) is 6.42 Å². The molecule has 0 bridgehead atoms. The van der Waals surface area contributed by atoms with Gasteiger partial charge in [0.1, 0.15) is 0 Å². The van der Waals surface area contributed by atoms with Crippen molar-refractivity contribution >= 4 is 11.8 Å². The normalized spacial score (nSPS) is 9.07. The number of Topliss-reactive ketones (excluding diaryl/α,β-unsaturated/α-hetero) is 1. The maximum Gasteiger partial charge on any atom is 0.335 e. The van der Waals surface area contributed by atoms with Gasteiger partial charge < -0.3 is 5.11 Å². The lowest BCUT2D eigenvalue weighted by atomic mass is 10.1. The topological polar surface area (TPSA) is 78.2 Å². The Hall–Kier alpha value is -2.15. The highest BCUT2D eigenvalue weighted by molar-refractivity contribution is 5.98. The van der Waals surface area contributed by atoms with Gasteiger partial charge in [-0.2, -0.15) is 5.26 Å². The molecule has 0 unspecified atom stereocenters. The fraction of sp³-hybridized carbons (Fsp3) is 0.100. The van der Waals surface area contributed by atoms with Gasteiger partial charge in [-0.1, -0.05) is 12.1 Å². The van der Waals surface area contributed by atoms with Crippen LogP contribution in [-0.4, -0.2) is 16.9 Å². The quantitative estimate of drug-likeness (QED) is 0.730. The van der Waals surface area contributed by atoms with Gasteiger partial charge in [-0.25, -0.2) is 4.79 Å². The molecule has 0 radical (unpaired) electrons. The molecule has 0 spiro atoms. The predicted octanol–water partition coefficient (Wildman–Crippen LogP) is 1.48. The zero-order valence-electron chi connectivity index (χ0n) is 7.23. The summed E-state index contributed by atoms with van der Waals surface area (Å²) in [5, 5.41) is 16.9. The molecule has 14 heavy (non-hydrogen) atoms. The van der Waals surface area contributed by atoms with Crippen molar-refractivity contribution < 1.29 is 14.7 Å².